The van der Waals surface area contributed by atoms with Crippen LogP contribution in [-0.4, -0.2) is 47.7 Å². The van der Waals surface area contributed by atoms with Gasteiger partial charge < -0.3 is 25.1 Å². The van der Waals surface area contributed by atoms with Crippen LogP contribution in [0, 0.1) is 5.92 Å². The average Bonchev–Trinajstić information content (AvgIpc) is 3.35. The van der Waals surface area contributed by atoms with E-state index in [1.165, 1.54) is 4.90 Å². The number of carbonyl (C=O) groups excluding carboxylic acids is 4. The molecule has 8 nitrogen and oxygen atoms in total. The van der Waals surface area contributed by atoms with Crippen molar-refractivity contribution in [2.24, 2.45) is 5.92 Å². The van der Waals surface area contributed by atoms with E-state index in [0.29, 0.717) is 18.4 Å². The third kappa shape index (κ3) is 4.53. The number of aldehydes is 1. The monoisotopic (exact) mass is 463 g/mol. The third-order valence-electron chi connectivity index (χ3n) is 6.47. The summed E-state index contributed by atoms with van der Waals surface area (Å²) >= 11 is 0. The Labute approximate surface area is 198 Å². The van der Waals surface area contributed by atoms with E-state index in [2.05, 4.69) is 10.6 Å². The van der Waals surface area contributed by atoms with Gasteiger partial charge in [0.1, 0.15) is 18.9 Å². The first-order valence-electron chi connectivity index (χ1n) is 11.5. The molecule has 0 unspecified atom stereocenters. The second-order valence-corrected chi connectivity index (χ2v) is 9.34. The molecule has 0 saturated carbocycles. The zero-order valence-corrected chi connectivity index (χ0v) is 19.3. The summed E-state index contributed by atoms with van der Waals surface area (Å²) < 4.78 is 5.31. The van der Waals surface area contributed by atoms with Gasteiger partial charge in [-0.1, -0.05) is 62.4 Å². The van der Waals surface area contributed by atoms with E-state index in [1.54, 1.807) is 0 Å². The molecule has 2 heterocycles. The van der Waals surface area contributed by atoms with Crippen LogP contribution in [0.15, 0.2) is 54.6 Å². The number of ether oxygens (including phenoxy) is 1. The minimum absolute atomic E-state index is 0.0768. The van der Waals surface area contributed by atoms with Crippen LogP contribution in [0.1, 0.15) is 37.8 Å². The molecule has 2 N–H and O–H groups in total. The standard InChI is InChI=1S/C26H29N3O5/c1-17(2)12-22(28-25(33)34-15-18-8-4-3-5-9-18)23(31)29-16-26(13-19(29)14-30)20-10-6-7-11-21(20)27-24(26)32/h3-11,14,17,19,22H,12-13,15-16H2,1-2H3,(H,27,32)(H,28,33)/t19-,22-,26-/m0/s1. The molecule has 4 rings (SSSR count). The number of nitrogens with one attached hydrogen (secondary N) is 2. The molecule has 1 saturated heterocycles. The number of hydrogen-bond acceptors (Lipinski definition) is 5. The van der Waals surface area contributed by atoms with Crippen molar-refractivity contribution < 1.29 is 23.9 Å². The molecule has 34 heavy (non-hydrogen) atoms. The van der Waals surface area contributed by atoms with Gasteiger partial charge in [0.15, 0.2) is 0 Å². The van der Waals surface area contributed by atoms with Crippen LogP contribution >= 0.6 is 0 Å². The molecule has 0 radical (unpaired) electrons. The summed E-state index contributed by atoms with van der Waals surface area (Å²) in [5.41, 5.74) is 1.34. The summed E-state index contributed by atoms with van der Waals surface area (Å²) in [6.45, 7) is 4.05. The lowest BCUT2D eigenvalue weighted by Gasteiger charge is -2.28. The van der Waals surface area contributed by atoms with Crippen LogP contribution in [0.25, 0.3) is 0 Å². The molecule has 0 aromatic heterocycles. The van der Waals surface area contributed by atoms with Gasteiger partial charge in [0.25, 0.3) is 0 Å². The van der Waals surface area contributed by atoms with Crippen molar-refractivity contribution in [1.29, 1.82) is 0 Å². The number of carbonyl (C=O) groups is 4. The lowest BCUT2D eigenvalue weighted by atomic mass is 9.80. The number of nitrogens with zero attached hydrogens (tertiary/aromatic N) is 1. The topological polar surface area (TPSA) is 105 Å². The molecule has 2 aliphatic heterocycles. The Bertz CT molecular complexity index is 1090. The molecule has 0 aliphatic carbocycles. The van der Waals surface area contributed by atoms with Crippen LogP contribution in [0.3, 0.4) is 0 Å². The fraction of sp³-hybridized carbons (Fsp3) is 0.385. The van der Waals surface area contributed by atoms with E-state index in [4.69, 9.17) is 4.74 Å². The molecule has 1 fully saturated rings. The number of benzene rings is 2. The molecular formula is C26H29N3O5. The van der Waals surface area contributed by atoms with E-state index in [1.807, 2.05) is 68.4 Å². The fourth-order valence-electron chi connectivity index (χ4n) is 4.84. The Hall–Kier alpha value is -3.68. The van der Waals surface area contributed by atoms with E-state index in [0.717, 1.165) is 11.1 Å². The number of fused-ring (bicyclic) bond motifs is 2. The number of hydrogen-bond donors (Lipinski definition) is 2. The first-order valence-corrected chi connectivity index (χ1v) is 11.5. The summed E-state index contributed by atoms with van der Waals surface area (Å²) in [7, 11) is 0. The maximum atomic E-state index is 13.6. The first kappa shape index (κ1) is 23.5. The Kier molecular flexibility index (Phi) is 6.68. The number of likely N-dealkylation sites (tertiary alicyclic amines) is 1. The Morgan fingerprint density at radius 1 is 1.18 bits per heavy atom. The SMILES string of the molecule is CC(C)C[C@H](NC(=O)OCc1ccccc1)C(=O)N1C[C@]2(C[C@H]1C=O)C(=O)Nc1ccccc12. The van der Waals surface area contributed by atoms with Gasteiger partial charge in [-0.05, 0) is 36.0 Å². The van der Waals surface area contributed by atoms with Crippen molar-refractivity contribution in [2.75, 3.05) is 11.9 Å². The number of para-hydroxylation sites is 1. The van der Waals surface area contributed by atoms with E-state index < -0.39 is 29.5 Å². The minimum atomic E-state index is -0.978. The van der Waals surface area contributed by atoms with Crippen molar-refractivity contribution in [3.05, 3.63) is 65.7 Å². The fourth-order valence-corrected chi connectivity index (χ4v) is 4.84. The highest BCUT2D eigenvalue weighted by molar-refractivity contribution is 6.07. The van der Waals surface area contributed by atoms with Crippen molar-refractivity contribution >= 4 is 29.9 Å². The Morgan fingerprint density at radius 3 is 2.59 bits per heavy atom. The van der Waals surface area contributed by atoms with Gasteiger partial charge in [-0.25, -0.2) is 4.79 Å². The number of amides is 3. The summed E-state index contributed by atoms with van der Waals surface area (Å²) in [5, 5.41) is 5.56. The second kappa shape index (κ2) is 9.67. The van der Waals surface area contributed by atoms with Gasteiger partial charge in [0.2, 0.25) is 11.8 Å². The molecule has 0 bridgehead atoms. The quantitative estimate of drug-likeness (QED) is 0.614. The van der Waals surface area contributed by atoms with Gasteiger partial charge in [-0.2, -0.15) is 0 Å². The third-order valence-corrected chi connectivity index (χ3v) is 6.47. The minimum Gasteiger partial charge on any atom is -0.445 e. The molecule has 3 atom stereocenters. The highest BCUT2D eigenvalue weighted by Gasteiger charge is 2.56. The van der Waals surface area contributed by atoms with Crippen molar-refractivity contribution in [1.82, 2.24) is 10.2 Å². The van der Waals surface area contributed by atoms with Crippen molar-refractivity contribution in [3.63, 3.8) is 0 Å². The Balaban J connectivity index is 1.51. The van der Waals surface area contributed by atoms with E-state index in [9.17, 15) is 19.2 Å². The molecule has 8 heteroatoms. The van der Waals surface area contributed by atoms with Crippen molar-refractivity contribution in [3.8, 4) is 0 Å². The van der Waals surface area contributed by atoms with Crippen LogP contribution in [0.5, 0.6) is 0 Å². The van der Waals surface area contributed by atoms with Gasteiger partial charge in [-0.15, -0.1) is 0 Å². The normalized spacial score (nSPS) is 21.8. The number of alkyl carbamates (subject to hydrolysis) is 1. The maximum Gasteiger partial charge on any atom is 0.408 e. The van der Waals surface area contributed by atoms with Gasteiger partial charge in [0, 0.05) is 12.2 Å². The molecule has 2 aromatic carbocycles. The zero-order valence-electron chi connectivity index (χ0n) is 19.3. The lowest BCUT2D eigenvalue weighted by Crippen LogP contribution is -2.51. The van der Waals surface area contributed by atoms with E-state index >= 15 is 0 Å². The number of rotatable bonds is 7. The summed E-state index contributed by atoms with van der Waals surface area (Å²) in [4.78, 5) is 52.5. The summed E-state index contributed by atoms with van der Waals surface area (Å²) in [6, 6.07) is 15.0. The average molecular weight is 464 g/mol. The summed E-state index contributed by atoms with van der Waals surface area (Å²) in [6.07, 6.45) is 0.583. The van der Waals surface area contributed by atoms with Crippen LogP contribution in [-0.2, 0) is 31.1 Å². The maximum absolute atomic E-state index is 13.6. The smallest absolute Gasteiger partial charge is 0.408 e. The second-order valence-electron chi connectivity index (χ2n) is 9.34. The largest absolute Gasteiger partial charge is 0.445 e. The van der Waals surface area contributed by atoms with Crippen LogP contribution in [0.4, 0.5) is 10.5 Å². The predicted octanol–water partition coefficient (Wildman–Crippen LogP) is 3.02. The molecule has 2 aliphatic rings. The van der Waals surface area contributed by atoms with Crippen LogP contribution < -0.4 is 10.6 Å². The van der Waals surface area contributed by atoms with Gasteiger partial charge in [-0.3, -0.25) is 9.59 Å². The first-order chi connectivity index (χ1) is 16.3. The predicted molar refractivity (Wildman–Crippen MR) is 126 cm³/mol. The van der Waals surface area contributed by atoms with Crippen LogP contribution in [0.2, 0.25) is 0 Å². The summed E-state index contributed by atoms with van der Waals surface area (Å²) in [5.74, 6) is -0.506. The molecule has 2 aromatic rings. The van der Waals surface area contributed by atoms with E-state index in [-0.39, 0.29) is 31.4 Å². The molecule has 1 spiro atoms. The highest BCUT2D eigenvalue weighted by Crippen LogP contribution is 2.46. The van der Waals surface area contributed by atoms with Crippen molar-refractivity contribution in [2.45, 2.75) is 50.8 Å². The molecule has 178 valence electrons. The number of anilines is 1. The van der Waals surface area contributed by atoms with Gasteiger partial charge >= 0.3 is 6.09 Å². The van der Waals surface area contributed by atoms with Gasteiger partial charge in [0.05, 0.1) is 11.5 Å². The lowest BCUT2D eigenvalue weighted by molar-refractivity contribution is -0.137. The zero-order chi connectivity index (χ0) is 24.3. The Morgan fingerprint density at radius 2 is 1.88 bits per heavy atom. The molecule has 3 amide bonds. The molecular weight excluding hydrogens is 434 g/mol. The highest BCUT2D eigenvalue weighted by atomic mass is 16.5.